The lowest BCUT2D eigenvalue weighted by molar-refractivity contribution is -0.125. The third kappa shape index (κ3) is 6.22. The van der Waals surface area contributed by atoms with Gasteiger partial charge in [-0.25, -0.2) is 0 Å². The average Bonchev–Trinajstić information content (AvgIpc) is 2.42. The first-order chi connectivity index (χ1) is 9.50. The van der Waals surface area contributed by atoms with Crippen LogP contribution in [0.2, 0.25) is 5.02 Å². The van der Waals surface area contributed by atoms with Crippen molar-refractivity contribution in [2.75, 3.05) is 33.4 Å². The van der Waals surface area contributed by atoms with Gasteiger partial charge in [-0.2, -0.15) is 0 Å². The van der Waals surface area contributed by atoms with Gasteiger partial charge in [0.25, 0.3) is 0 Å². The Balaban J connectivity index is 0.00000400. The van der Waals surface area contributed by atoms with Crippen LogP contribution >= 0.6 is 24.0 Å². The number of ether oxygens (including phenoxy) is 1. The summed E-state index contributed by atoms with van der Waals surface area (Å²) in [4.78, 5) is 12.3. The van der Waals surface area contributed by atoms with Crippen molar-refractivity contribution in [2.24, 2.45) is 0 Å². The predicted molar refractivity (Wildman–Crippen MR) is 89.5 cm³/mol. The number of amides is 1. The summed E-state index contributed by atoms with van der Waals surface area (Å²) in [5.41, 5.74) is 0.191. The highest BCUT2D eigenvalue weighted by Gasteiger charge is 2.31. The van der Waals surface area contributed by atoms with E-state index in [1.165, 1.54) is 0 Å². The molecule has 1 aromatic carbocycles. The second-order valence-electron chi connectivity index (χ2n) is 5.10. The van der Waals surface area contributed by atoms with E-state index < -0.39 is 5.41 Å². The number of hydrogen-bond acceptors (Lipinski definition) is 3. The summed E-state index contributed by atoms with van der Waals surface area (Å²) in [6.07, 6.45) is 0. The van der Waals surface area contributed by atoms with Crippen molar-refractivity contribution in [1.82, 2.24) is 10.6 Å². The lowest BCUT2D eigenvalue weighted by Crippen LogP contribution is -2.43. The van der Waals surface area contributed by atoms with Gasteiger partial charge in [-0.1, -0.05) is 29.8 Å². The maximum absolute atomic E-state index is 12.3. The molecule has 120 valence electrons. The number of rotatable bonds is 8. The van der Waals surface area contributed by atoms with Crippen molar-refractivity contribution < 1.29 is 9.53 Å². The Kier molecular flexibility index (Phi) is 9.62. The van der Waals surface area contributed by atoms with Gasteiger partial charge in [-0.05, 0) is 25.5 Å². The molecule has 0 unspecified atom stereocenters. The fourth-order valence-electron chi connectivity index (χ4n) is 1.88. The molecule has 0 aromatic heterocycles. The highest BCUT2D eigenvalue weighted by Crippen LogP contribution is 2.29. The number of methoxy groups -OCH3 is 1. The van der Waals surface area contributed by atoms with Gasteiger partial charge >= 0.3 is 0 Å². The molecule has 0 saturated heterocycles. The standard InChI is InChI=1S/C15H23ClN2O2.ClH/c1-15(2,12-6-4-5-7-13(12)16)14(19)18-9-8-17-10-11-20-3;/h4-7,17H,8-11H2,1-3H3,(H,18,19);1H. The maximum Gasteiger partial charge on any atom is 0.230 e. The molecule has 0 atom stereocenters. The van der Waals surface area contributed by atoms with Crippen LogP contribution in [0.3, 0.4) is 0 Å². The number of halogens is 2. The summed E-state index contributed by atoms with van der Waals surface area (Å²) >= 11 is 6.17. The van der Waals surface area contributed by atoms with E-state index in [2.05, 4.69) is 10.6 Å². The molecule has 1 amide bonds. The molecule has 1 rings (SSSR count). The smallest absolute Gasteiger partial charge is 0.230 e. The largest absolute Gasteiger partial charge is 0.383 e. The van der Waals surface area contributed by atoms with E-state index in [0.29, 0.717) is 24.7 Å². The first-order valence-electron chi connectivity index (χ1n) is 6.73. The molecular weight excluding hydrogens is 311 g/mol. The molecule has 0 saturated carbocycles. The number of benzene rings is 1. The van der Waals surface area contributed by atoms with Crippen LogP contribution in [0.25, 0.3) is 0 Å². The summed E-state index contributed by atoms with van der Waals surface area (Å²) in [5, 5.41) is 6.72. The molecule has 0 radical (unpaired) electrons. The average molecular weight is 335 g/mol. The van der Waals surface area contributed by atoms with Crippen molar-refractivity contribution in [3.63, 3.8) is 0 Å². The Labute approximate surface area is 138 Å². The van der Waals surface area contributed by atoms with Gasteiger partial charge < -0.3 is 15.4 Å². The molecule has 2 N–H and O–H groups in total. The molecule has 1 aromatic rings. The fourth-order valence-corrected chi connectivity index (χ4v) is 2.25. The molecule has 0 aliphatic rings. The minimum Gasteiger partial charge on any atom is -0.383 e. The third-order valence-electron chi connectivity index (χ3n) is 3.19. The van der Waals surface area contributed by atoms with Crippen LogP contribution in [0, 0.1) is 0 Å². The van der Waals surface area contributed by atoms with Crippen molar-refractivity contribution in [3.8, 4) is 0 Å². The van der Waals surface area contributed by atoms with E-state index in [0.717, 1.165) is 12.1 Å². The van der Waals surface area contributed by atoms with E-state index in [9.17, 15) is 4.79 Å². The summed E-state index contributed by atoms with van der Waals surface area (Å²) < 4.78 is 4.93. The zero-order valence-corrected chi connectivity index (χ0v) is 14.3. The van der Waals surface area contributed by atoms with E-state index in [4.69, 9.17) is 16.3 Å². The summed E-state index contributed by atoms with van der Waals surface area (Å²) in [7, 11) is 1.66. The highest BCUT2D eigenvalue weighted by atomic mass is 35.5. The van der Waals surface area contributed by atoms with E-state index >= 15 is 0 Å². The first-order valence-corrected chi connectivity index (χ1v) is 7.11. The molecule has 4 nitrogen and oxygen atoms in total. The number of hydrogen-bond donors (Lipinski definition) is 2. The van der Waals surface area contributed by atoms with Crippen molar-refractivity contribution in [2.45, 2.75) is 19.3 Å². The molecular formula is C15H24Cl2N2O2. The van der Waals surface area contributed by atoms with Gasteiger partial charge in [0.1, 0.15) is 0 Å². The van der Waals surface area contributed by atoms with Crippen LogP contribution in [0.4, 0.5) is 0 Å². The summed E-state index contributed by atoms with van der Waals surface area (Å²) in [6.45, 7) is 6.49. The Hall–Kier alpha value is -0.810. The van der Waals surface area contributed by atoms with Crippen LogP contribution < -0.4 is 10.6 Å². The molecule has 6 heteroatoms. The van der Waals surface area contributed by atoms with Gasteiger partial charge in [0.15, 0.2) is 0 Å². The normalized spacial score (nSPS) is 10.9. The number of carbonyl (C=O) groups is 1. The molecule has 0 bridgehead atoms. The fraction of sp³-hybridized carbons (Fsp3) is 0.533. The number of nitrogens with one attached hydrogen (secondary N) is 2. The van der Waals surface area contributed by atoms with Crippen LogP contribution in [0.5, 0.6) is 0 Å². The van der Waals surface area contributed by atoms with Crippen LogP contribution in [0.1, 0.15) is 19.4 Å². The van der Waals surface area contributed by atoms with E-state index in [1.807, 2.05) is 32.0 Å². The van der Waals surface area contributed by atoms with Gasteiger partial charge in [-0.15, -0.1) is 12.4 Å². The number of carbonyl (C=O) groups excluding carboxylic acids is 1. The lowest BCUT2D eigenvalue weighted by Gasteiger charge is -2.25. The minimum absolute atomic E-state index is 0. The van der Waals surface area contributed by atoms with Crippen molar-refractivity contribution >= 4 is 29.9 Å². The summed E-state index contributed by atoms with van der Waals surface area (Å²) in [6, 6.07) is 7.44. The zero-order valence-electron chi connectivity index (χ0n) is 12.7. The maximum atomic E-state index is 12.3. The minimum atomic E-state index is -0.648. The van der Waals surface area contributed by atoms with Gasteiger partial charge in [0.05, 0.1) is 12.0 Å². The van der Waals surface area contributed by atoms with Gasteiger partial charge in [-0.3, -0.25) is 4.79 Å². The first kappa shape index (κ1) is 20.2. The Morgan fingerprint density at radius 1 is 1.24 bits per heavy atom. The zero-order chi connectivity index (χ0) is 15.0. The van der Waals surface area contributed by atoms with Crippen LogP contribution in [-0.4, -0.2) is 39.3 Å². The van der Waals surface area contributed by atoms with Gasteiger partial charge in [0.2, 0.25) is 5.91 Å². The molecule has 0 fully saturated rings. The monoisotopic (exact) mass is 334 g/mol. The van der Waals surface area contributed by atoms with Crippen molar-refractivity contribution in [1.29, 1.82) is 0 Å². The van der Waals surface area contributed by atoms with Crippen LogP contribution in [-0.2, 0) is 14.9 Å². The molecule has 0 heterocycles. The molecule has 21 heavy (non-hydrogen) atoms. The second kappa shape index (κ2) is 10.0. The highest BCUT2D eigenvalue weighted by molar-refractivity contribution is 6.31. The second-order valence-corrected chi connectivity index (χ2v) is 5.51. The molecule has 0 spiro atoms. The Bertz CT molecular complexity index is 439. The summed E-state index contributed by atoms with van der Waals surface area (Å²) in [5.74, 6) is -0.0286. The van der Waals surface area contributed by atoms with Gasteiger partial charge in [0, 0.05) is 31.8 Å². The lowest BCUT2D eigenvalue weighted by atomic mass is 9.83. The quantitative estimate of drug-likeness (QED) is 0.717. The van der Waals surface area contributed by atoms with E-state index in [1.54, 1.807) is 13.2 Å². The predicted octanol–water partition coefficient (Wildman–Crippen LogP) is 2.39. The Morgan fingerprint density at radius 3 is 2.52 bits per heavy atom. The molecule has 0 aliphatic carbocycles. The van der Waals surface area contributed by atoms with E-state index in [-0.39, 0.29) is 18.3 Å². The SMILES string of the molecule is COCCNCCNC(=O)C(C)(C)c1ccccc1Cl.Cl. The molecule has 0 aliphatic heterocycles. The third-order valence-corrected chi connectivity index (χ3v) is 3.51. The Morgan fingerprint density at radius 2 is 1.90 bits per heavy atom. The topological polar surface area (TPSA) is 50.4 Å². The van der Waals surface area contributed by atoms with Crippen molar-refractivity contribution in [3.05, 3.63) is 34.9 Å². The van der Waals surface area contributed by atoms with Crippen LogP contribution in [0.15, 0.2) is 24.3 Å².